The molecule has 0 aromatic heterocycles. The first-order chi connectivity index (χ1) is 16.4. The van der Waals surface area contributed by atoms with Crippen molar-refractivity contribution in [2.24, 2.45) is 11.8 Å². The summed E-state index contributed by atoms with van der Waals surface area (Å²) < 4.78 is 68.4. The summed E-state index contributed by atoms with van der Waals surface area (Å²) in [6.07, 6.45) is 8.13. The molecule has 2 aromatic carbocycles. The molecule has 2 aromatic rings. The predicted octanol–water partition coefficient (Wildman–Crippen LogP) is 8.29. The molecule has 0 saturated heterocycles. The van der Waals surface area contributed by atoms with Crippen LogP contribution >= 0.6 is 0 Å². The largest absolute Gasteiger partial charge is 0.494 e. The second-order valence-electron chi connectivity index (χ2n) is 9.92. The van der Waals surface area contributed by atoms with Crippen molar-refractivity contribution >= 4 is 0 Å². The van der Waals surface area contributed by atoms with Crippen LogP contribution in [0.1, 0.15) is 87.7 Å². The van der Waals surface area contributed by atoms with Crippen LogP contribution in [0.3, 0.4) is 0 Å². The Morgan fingerprint density at radius 3 is 1.62 bits per heavy atom. The minimum absolute atomic E-state index is 0.0363. The minimum Gasteiger partial charge on any atom is -0.494 e. The van der Waals surface area contributed by atoms with Gasteiger partial charge in [-0.1, -0.05) is 25.5 Å². The second kappa shape index (κ2) is 11.0. The number of hydrogen-bond acceptors (Lipinski definition) is 2. The van der Waals surface area contributed by atoms with E-state index in [1.807, 2.05) is 0 Å². The summed E-state index contributed by atoms with van der Waals surface area (Å²) in [5.41, 5.74) is 0.998. The zero-order chi connectivity index (χ0) is 24.2. The zero-order valence-corrected chi connectivity index (χ0v) is 20.0. The number of benzene rings is 2. The fraction of sp³-hybridized carbons (Fsp3) is 0.571. The third kappa shape index (κ3) is 5.21. The Labute approximate surface area is 199 Å². The summed E-state index contributed by atoms with van der Waals surface area (Å²) in [6.45, 7) is 2.45. The Kier molecular flexibility index (Phi) is 8.05. The molecule has 0 bridgehead atoms. The van der Waals surface area contributed by atoms with Crippen LogP contribution in [0, 0.1) is 35.1 Å². The van der Waals surface area contributed by atoms with Crippen LogP contribution in [-0.2, 0) is 0 Å². The Bertz CT molecular complexity index is 977. The molecule has 34 heavy (non-hydrogen) atoms. The molecular weight excluding hydrogens is 444 g/mol. The van der Waals surface area contributed by atoms with E-state index < -0.39 is 23.3 Å². The zero-order valence-electron chi connectivity index (χ0n) is 20.0. The average molecular weight is 479 g/mol. The molecule has 2 nitrogen and oxygen atoms in total. The summed E-state index contributed by atoms with van der Waals surface area (Å²) in [5.74, 6) is -2.85. The molecule has 186 valence electrons. The predicted molar refractivity (Wildman–Crippen MR) is 124 cm³/mol. The molecule has 0 N–H and O–H groups in total. The highest BCUT2D eigenvalue weighted by Crippen LogP contribution is 2.42. The van der Waals surface area contributed by atoms with Crippen LogP contribution in [0.25, 0.3) is 0 Å². The van der Waals surface area contributed by atoms with Gasteiger partial charge in [0.25, 0.3) is 0 Å². The van der Waals surface area contributed by atoms with Crippen molar-refractivity contribution in [1.29, 1.82) is 0 Å². The van der Waals surface area contributed by atoms with Crippen molar-refractivity contribution in [3.8, 4) is 11.5 Å². The Balaban J connectivity index is 1.33. The van der Waals surface area contributed by atoms with Gasteiger partial charge in [-0.3, -0.25) is 0 Å². The molecule has 2 aliphatic rings. The van der Waals surface area contributed by atoms with Crippen LogP contribution in [0.15, 0.2) is 24.3 Å². The van der Waals surface area contributed by atoms with Gasteiger partial charge < -0.3 is 9.47 Å². The normalized spacial score (nSPS) is 25.2. The van der Waals surface area contributed by atoms with Crippen molar-refractivity contribution in [3.05, 3.63) is 58.7 Å². The quantitative estimate of drug-likeness (QED) is 0.373. The SMILES string of the molecule is CCC1CCC(c2ccc(C3CCC(COc4ccc(OC)c(F)c4F)CC3)c(F)c2F)CC1. The Morgan fingerprint density at radius 2 is 1.12 bits per heavy atom. The minimum atomic E-state index is -1.07. The molecule has 0 aliphatic heterocycles. The summed E-state index contributed by atoms with van der Waals surface area (Å²) >= 11 is 0. The van der Waals surface area contributed by atoms with Crippen molar-refractivity contribution < 1.29 is 27.0 Å². The van der Waals surface area contributed by atoms with Crippen molar-refractivity contribution in [1.82, 2.24) is 0 Å². The second-order valence-corrected chi connectivity index (χ2v) is 9.92. The van der Waals surface area contributed by atoms with Gasteiger partial charge in [-0.25, -0.2) is 8.78 Å². The van der Waals surface area contributed by atoms with E-state index in [4.69, 9.17) is 9.47 Å². The van der Waals surface area contributed by atoms with Gasteiger partial charge in [0.15, 0.2) is 23.1 Å². The van der Waals surface area contributed by atoms with Gasteiger partial charge in [-0.15, -0.1) is 0 Å². The summed E-state index contributed by atoms with van der Waals surface area (Å²) in [7, 11) is 1.27. The van der Waals surface area contributed by atoms with Crippen molar-refractivity contribution in [2.45, 2.75) is 76.5 Å². The molecule has 4 rings (SSSR count). The van der Waals surface area contributed by atoms with Gasteiger partial charge in [0.1, 0.15) is 0 Å². The fourth-order valence-corrected chi connectivity index (χ4v) is 5.72. The van der Waals surface area contributed by atoms with Crippen LogP contribution in [0.4, 0.5) is 17.6 Å². The van der Waals surface area contributed by atoms with Crippen molar-refractivity contribution in [3.63, 3.8) is 0 Å². The van der Waals surface area contributed by atoms with E-state index in [1.165, 1.54) is 19.2 Å². The van der Waals surface area contributed by atoms with E-state index in [1.54, 1.807) is 12.1 Å². The third-order valence-corrected chi connectivity index (χ3v) is 8.00. The van der Waals surface area contributed by atoms with Gasteiger partial charge >= 0.3 is 0 Å². The fourth-order valence-electron chi connectivity index (χ4n) is 5.72. The summed E-state index contributed by atoms with van der Waals surface area (Å²) in [6, 6.07) is 6.29. The van der Waals surface area contributed by atoms with E-state index in [9.17, 15) is 8.78 Å². The molecule has 0 atom stereocenters. The van der Waals surface area contributed by atoms with E-state index in [0.29, 0.717) is 29.9 Å². The molecular formula is C28H34F4O2. The smallest absolute Gasteiger partial charge is 0.204 e. The lowest BCUT2D eigenvalue weighted by molar-refractivity contribution is 0.191. The molecule has 2 aliphatic carbocycles. The van der Waals surface area contributed by atoms with Gasteiger partial charge in [0.2, 0.25) is 11.6 Å². The highest BCUT2D eigenvalue weighted by molar-refractivity contribution is 5.35. The molecule has 2 fully saturated rings. The Morgan fingerprint density at radius 1 is 0.647 bits per heavy atom. The molecule has 0 spiro atoms. The summed E-state index contributed by atoms with van der Waals surface area (Å²) in [5, 5.41) is 0. The van der Waals surface area contributed by atoms with Crippen molar-refractivity contribution in [2.75, 3.05) is 13.7 Å². The van der Waals surface area contributed by atoms with E-state index in [-0.39, 0.29) is 35.9 Å². The number of halogens is 4. The lowest BCUT2D eigenvalue weighted by Gasteiger charge is -2.31. The van der Waals surface area contributed by atoms with Gasteiger partial charge in [0.05, 0.1) is 13.7 Å². The third-order valence-electron chi connectivity index (χ3n) is 8.00. The van der Waals surface area contributed by atoms with E-state index >= 15 is 8.78 Å². The van der Waals surface area contributed by atoms with Crippen LogP contribution in [0.5, 0.6) is 11.5 Å². The first-order valence-electron chi connectivity index (χ1n) is 12.5. The number of methoxy groups -OCH3 is 1. The molecule has 6 heteroatoms. The topological polar surface area (TPSA) is 18.5 Å². The maximum atomic E-state index is 15.1. The molecule has 0 unspecified atom stereocenters. The Hall–Kier alpha value is -2.24. The number of rotatable bonds is 7. The lowest BCUT2D eigenvalue weighted by atomic mass is 9.76. The highest BCUT2D eigenvalue weighted by Gasteiger charge is 2.30. The van der Waals surface area contributed by atoms with Gasteiger partial charge in [0, 0.05) is 0 Å². The highest BCUT2D eigenvalue weighted by atomic mass is 19.2. The standard InChI is InChI=1S/C28H34F4O2/c1-3-17-4-8-19(9-5-17)21-12-13-22(26(30)25(21)29)20-10-6-18(7-11-20)16-34-24-15-14-23(33-2)27(31)28(24)32/h12-15,17-20H,3-11,16H2,1-2H3. The molecule has 0 radical (unpaired) electrons. The number of ether oxygens (including phenoxy) is 2. The van der Waals surface area contributed by atoms with Crippen LogP contribution < -0.4 is 9.47 Å². The molecule has 0 heterocycles. The molecule has 2 saturated carbocycles. The van der Waals surface area contributed by atoms with Crippen LogP contribution in [-0.4, -0.2) is 13.7 Å². The first kappa shape index (κ1) is 24.9. The van der Waals surface area contributed by atoms with Crippen LogP contribution in [0.2, 0.25) is 0 Å². The van der Waals surface area contributed by atoms with E-state index in [0.717, 1.165) is 44.9 Å². The maximum Gasteiger partial charge on any atom is 0.204 e. The number of hydrogen-bond donors (Lipinski definition) is 0. The van der Waals surface area contributed by atoms with E-state index in [2.05, 4.69) is 6.92 Å². The first-order valence-corrected chi connectivity index (χ1v) is 12.5. The van der Waals surface area contributed by atoms with Gasteiger partial charge in [-0.2, -0.15) is 8.78 Å². The summed E-state index contributed by atoms with van der Waals surface area (Å²) in [4.78, 5) is 0. The van der Waals surface area contributed by atoms with Gasteiger partial charge in [-0.05, 0) is 98.3 Å². The molecule has 0 amide bonds. The lowest BCUT2D eigenvalue weighted by Crippen LogP contribution is -2.21. The monoisotopic (exact) mass is 478 g/mol. The maximum absolute atomic E-state index is 15.1. The average Bonchev–Trinajstić information content (AvgIpc) is 2.87.